The zero-order chi connectivity index (χ0) is 18.3. The Morgan fingerprint density at radius 3 is 1.54 bits per heavy atom. The zero-order valence-electron chi connectivity index (χ0n) is 16.1. The van der Waals surface area contributed by atoms with Crippen LogP contribution >= 0.6 is 0 Å². The van der Waals surface area contributed by atoms with E-state index >= 15 is 0 Å². The molecule has 144 valence electrons. The van der Waals surface area contributed by atoms with E-state index in [1.165, 1.54) is 70.6 Å². The number of carboxylic acid groups (broad SMARTS) is 1. The fraction of sp³-hybridized carbons (Fsp3) is 0.950. The first-order valence-corrected chi connectivity index (χ1v) is 10.2. The van der Waals surface area contributed by atoms with Gasteiger partial charge in [-0.2, -0.15) is 0 Å². The van der Waals surface area contributed by atoms with Crippen LogP contribution in [-0.4, -0.2) is 27.8 Å². The summed E-state index contributed by atoms with van der Waals surface area (Å²) < 4.78 is 0. The first-order chi connectivity index (χ1) is 11.5. The minimum atomic E-state index is -1.49. The number of unbranched alkanes of at least 4 members (excludes halogenated alkanes) is 12. The lowest BCUT2D eigenvalue weighted by Crippen LogP contribution is -2.56. The van der Waals surface area contributed by atoms with Gasteiger partial charge in [0.2, 0.25) is 0 Å². The molecule has 0 radical (unpaired) electrons. The minimum Gasteiger partial charge on any atom is -0.480 e. The highest BCUT2D eigenvalue weighted by Crippen LogP contribution is 2.19. The molecule has 0 aliphatic carbocycles. The molecule has 0 rings (SSSR count). The largest absolute Gasteiger partial charge is 0.480 e. The topological polar surface area (TPSA) is 83.5 Å². The third-order valence-corrected chi connectivity index (χ3v) is 5.16. The van der Waals surface area contributed by atoms with Crippen LogP contribution in [0.4, 0.5) is 0 Å². The van der Waals surface area contributed by atoms with Crippen molar-refractivity contribution >= 4 is 5.97 Å². The molecule has 0 saturated heterocycles. The maximum absolute atomic E-state index is 11.1. The second-order valence-corrected chi connectivity index (χ2v) is 7.25. The first kappa shape index (κ1) is 23.4. The molecule has 0 heterocycles. The van der Waals surface area contributed by atoms with Gasteiger partial charge in [-0.05, 0) is 12.8 Å². The molecule has 4 N–H and O–H groups in total. The number of carbonyl (C=O) groups is 1. The van der Waals surface area contributed by atoms with Crippen LogP contribution in [0, 0.1) is 0 Å². The van der Waals surface area contributed by atoms with Crippen LogP contribution in [0.3, 0.4) is 0 Å². The summed E-state index contributed by atoms with van der Waals surface area (Å²) in [7, 11) is 0. The SMILES string of the molecule is CCCCCCCCCCCCCCC[C@@H](O)[C@](N)(CC)C(=O)O. The molecule has 2 atom stereocenters. The number of aliphatic hydroxyl groups is 1. The van der Waals surface area contributed by atoms with E-state index < -0.39 is 17.6 Å². The molecule has 0 aromatic rings. The highest BCUT2D eigenvalue weighted by atomic mass is 16.4. The fourth-order valence-corrected chi connectivity index (χ4v) is 3.14. The molecule has 0 aromatic heterocycles. The van der Waals surface area contributed by atoms with Gasteiger partial charge in [0, 0.05) is 0 Å². The van der Waals surface area contributed by atoms with Gasteiger partial charge in [0.25, 0.3) is 0 Å². The van der Waals surface area contributed by atoms with Crippen molar-refractivity contribution in [2.24, 2.45) is 5.73 Å². The van der Waals surface area contributed by atoms with Gasteiger partial charge < -0.3 is 15.9 Å². The van der Waals surface area contributed by atoms with Gasteiger partial charge in [-0.25, -0.2) is 0 Å². The van der Waals surface area contributed by atoms with Crippen molar-refractivity contribution in [2.75, 3.05) is 0 Å². The monoisotopic (exact) mass is 343 g/mol. The lowest BCUT2D eigenvalue weighted by molar-refractivity contribution is -0.148. The van der Waals surface area contributed by atoms with E-state index in [1.54, 1.807) is 6.92 Å². The predicted octanol–water partition coefficient (Wildman–Crippen LogP) is 5.02. The number of hydrogen-bond acceptors (Lipinski definition) is 3. The van der Waals surface area contributed by atoms with Gasteiger partial charge in [-0.3, -0.25) is 4.79 Å². The van der Waals surface area contributed by atoms with Crippen LogP contribution in [0.25, 0.3) is 0 Å². The Balaban J connectivity index is 3.44. The highest BCUT2D eigenvalue weighted by Gasteiger charge is 2.39. The van der Waals surface area contributed by atoms with Crippen molar-refractivity contribution in [1.82, 2.24) is 0 Å². The second kappa shape index (κ2) is 14.7. The van der Waals surface area contributed by atoms with Gasteiger partial charge >= 0.3 is 5.97 Å². The predicted molar refractivity (Wildman–Crippen MR) is 101 cm³/mol. The van der Waals surface area contributed by atoms with Crippen LogP contribution in [0.2, 0.25) is 0 Å². The van der Waals surface area contributed by atoms with E-state index in [1.807, 2.05) is 0 Å². The second-order valence-electron chi connectivity index (χ2n) is 7.25. The molecule has 0 unspecified atom stereocenters. The average molecular weight is 344 g/mol. The molecule has 0 aliphatic heterocycles. The quantitative estimate of drug-likeness (QED) is 0.324. The maximum Gasteiger partial charge on any atom is 0.326 e. The molecule has 0 aliphatic rings. The maximum atomic E-state index is 11.1. The van der Waals surface area contributed by atoms with Gasteiger partial charge in [-0.1, -0.05) is 97.3 Å². The van der Waals surface area contributed by atoms with Gasteiger partial charge in [0.1, 0.15) is 5.54 Å². The van der Waals surface area contributed by atoms with E-state index in [-0.39, 0.29) is 6.42 Å². The van der Waals surface area contributed by atoms with E-state index in [0.29, 0.717) is 6.42 Å². The third-order valence-electron chi connectivity index (χ3n) is 5.16. The molecule has 0 saturated carbocycles. The normalized spacial score (nSPS) is 15.2. The van der Waals surface area contributed by atoms with Crippen molar-refractivity contribution in [3.05, 3.63) is 0 Å². The number of rotatable bonds is 17. The van der Waals surface area contributed by atoms with E-state index in [0.717, 1.165) is 12.8 Å². The van der Waals surface area contributed by atoms with Crippen LogP contribution in [0.1, 0.15) is 110 Å². The van der Waals surface area contributed by atoms with Crippen molar-refractivity contribution in [2.45, 2.75) is 122 Å². The number of aliphatic carboxylic acids is 1. The molecule has 0 aromatic carbocycles. The highest BCUT2D eigenvalue weighted by molar-refractivity contribution is 5.79. The summed E-state index contributed by atoms with van der Waals surface area (Å²) in [6.07, 6.45) is 16.3. The van der Waals surface area contributed by atoms with E-state index in [9.17, 15) is 9.90 Å². The molecule has 0 spiro atoms. The Hall–Kier alpha value is -0.610. The summed E-state index contributed by atoms with van der Waals surface area (Å²) in [6.45, 7) is 3.96. The van der Waals surface area contributed by atoms with E-state index in [2.05, 4.69) is 6.92 Å². The van der Waals surface area contributed by atoms with Crippen LogP contribution in [-0.2, 0) is 4.79 Å². The lowest BCUT2D eigenvalue weighted by Gasteiger charge is -2.28. The van der Waals surface area contributed by atoms with Crippen LogP contribution in [0.5, 0.6) is 0 Å². The van der Waals surface area contributed by atoms with Crippen LogP contribution < -0.4 is 5.73 Å². The van der Waals surface area contributed by atoms with Crippen molar-refractivity contribution in [3.63, 3.8) is 0 Å². The summed E-state index contributed by atoms with van der Waals surface area (Å²) in [5.41, 5.74) is 4.29. The number of carboxylic acids is 1. The zero-order valence-corrected chi connectivity index (χ0v) is 16.1. The first-order valence-electron chi connectivity index (χ1n) is 10.2. The van der Waals surface area contributed by atoms with Crippen molar-refractivity contribution < 1.29 is 15.0 Å². The van der Waals surface area contributed by atoms with E-state index in [4.69, 9.17) is 10.8 Å². The standard InChI is InChI=1S/C20H41NO3/c1-3-5-6-7-8-9-10-11-12-13-14-15-16-17-18(22)20(21,4-2)19(23)24/h18,22H,3-17,21H2,1-2H3,(H,23,24)/t18-,20-/m1/s1. The number of hydrogen-bond donors (Lipinski definition) is 3. The van der Waals surface area contributed by atoms with Gasteiger partial charge in [-0.15, -0.1) is 0 Å². The molecule has 24 heavy (non-hydrogen) atoms. The number of aliphatic hydroxyl groups excluding tert-OH is 1. The molecule has 4 nitrogen and oxygen atoms in total. The molecule has 0 fully saturated rings. The molecular formula is C20H41NO3. The van der Waals surface area contributed by atoms with Crippen molar-refractivity contribution in [1.29, 1.82) is 0 Å². The summed E-state index contributed by atoms with van der Waals surface area (Å²) in [5, 5.41) is 19.1. The smallest absolute Gasteiger partial charge is 0.326 e. The average Bonchev–Trinajstić information content (AvgIpc) is 2.57. The fourth-order valence-electron chi connectivity index (χ4n) is 3.14. The molecule has 4 heteroatoms. The molecular weight excluding hydrogens is 302 g/mol. The lowest BCUT2D eigenvalue weighted by atomic mass is 9.87. The molecule has 0 bridgehead atoms. The van der Waals surface area contributed by atoms with Gasteiger partial charge in [0.05, 0.1) is 6.10 Å². The number of nitrogens with two attached hydrogens (primary N) is 1. The van der Waals surface area contributed by atoms with Gasteiger partial charge in [0.15, 0.2) is 0 Å². The Labute approximate surface area is 149 Å². The summed E-state index contributed by atoms with van der Waals surface area (Å²) in [5.74, 6) is -1.10. The molecule has 0 amide bonds. The summed E-state index contributed by atoms with van der Waals surface area (Å²) in [6, 6.07) is 0. The Kier molecular flexibility index (Phi) is 14.3. The Morgan fingerprint density at radius 2 is 1.21 bits per heavy atom. The Morgan fingerprint density at radius 1 is 0.833 bits per heavy atom. The minimum absolute atomic E-state index is 0.252. The van der Waals surface area contributed by atoms with Crippen molar-refractivity contribution in [3.8, 4) is 0 Å². The van der Waals surface area contributed by atoms with Crippen LogP contribution in [0.15, 0.2) is 0 Å². The summed E-state index contributed by atoms with van der Waals surface area (Å²) >= 11 is 0. The third kappa shape index (κ3) is 10.3. The summed E-state index contributed by atoms with van der Waals surface area (Å²) in [4.78, 5) is 11.1. The Bertz CT molecular complexity index is 309.